The normalized spacial score (nSPS) is 10.5. The minimum absolute atomic E-state index is 0.0862. The van der Waals surface area contributed by atoms with Crippen LogP contribution in [-0.4, -0.2) is 17.9 Å². The van der Waals surface area contributed by atoms with Crippen LogP contribution in [0, 0.1) is 0 Å². The lowest BCUT2D eigenvalue weighted by molar-refractivity contribution is 0.0992. The second-order valence-electron chi connectivity index (χ2n) is 5.72. The first-order valence-electron chi connectivity index (χ1n) is 8.01. The maximum absolute atomic E-state index is 12.6. The average Bonchev–Trinajstić information content (AvgIpc) is 2.67. The molecule has 3 aromatic rings. The lowest BCUT2D eigenvalue weighted by Crippen LogP contribution is -2.04. The number of benzene rings is 2. The Kier molecular flexibility index (Phi) is 5.84. The molecule has 0 unspecified atom stereocenters. The van der Waals surface area contributed by atoms with Crippen LogP contribution in [0.4, 0.5) is 5.82 Å². The topological polar surface area (TPSA) is 74.4 Å². The van der Waals surface area contributed by atoms with Crippen molar-refractivity contribution in [1.82, 2.24) is 4.98 Å². The smallest absolute Gasteiger partial charge is 0.170 e. The van der Waals surface area contributed by atoms with Crippen molar-refractivity contribution >= 4 is 34.8 Å². The highest BCUT2D eigenvalue weighted by Gasteiger charge is 2.13. The Labute approximate surface area is 166 Å². The molecule has 0 radical (unpaired) electrons. The first-order chi connectivity index (χ1) is 13.0. The van der Waals surface area contributed by atoms with Gasteiger partial charge in [0.15, 0.2) is 17.4 Å². The molecule has 0 aliphatic carbocycles. The number of ketones is 1. The van der Waals surface area contributed by atoms with Crippen molar-refractivity contribution in [3.63, 3.8) is 0 Å². The number of ether oxygens (including phenoxy) is 2. The van der Waals surface area contributed by atoms with Gasteiger partial charge < -0.3 is 15.2 Å². The lowest BCUT2D eigenvalue weighted by Gasteiger charge is -2.11. The molecule has 0 saturated carbocycles. The van der Waals surface area contributed by atoms with Crippen LogP contribution in [0.1, 0.15) is 15.9 Å². The highest BCUT2D eigenvalue weighted by Crippen LogP contribution is 2.31. The summed E-state index contributed by atoms with van der Waals surface area (Å²) in [6, 6.07) is 13.6. The van der Waals surface area contributed by atoms with E-state index in [1.165, 1.54) is 6.20 Å². The van der Waals surface area contributed by atoms with E-state index in [0.29, 0.717) is 38.4 Å². The molecular weight excluding hydrogens is 387 g/mol. The van der Waals surface area contributed by atoms with Gasteiger partial charge in [-0.05, 0) is 35.9 Å². The number of carbonyl (C=O) groups is 1. The molecule has 2 aromatic carbocycles. The number of Topliss-reactive ketones (excluding diaryl/α,β-unsaturated/α-hetero) is 1. The first-order valence-corrected chi connectivity index (χ1v) is 8.76. The van der Waals surface area contributed by atoms with Gasteiger partial charge in [0.2, 0.25) is 0 Å². The zero-order valence-electron chi connectivity index (χ0n) is 14.4. The van der Waals surface area contributed by atoms with E-state index in [2.05, 4.69) is 4.98 Å². The number of rotatable bonds is 6. The quantitative estimate of drug-likeness (QED) is 0.573. The number of nitrogen functional groups attached to an aromatic ring is 1. The molecule has 3 rings (SSSR count). The van der Waals surface area contributed by atoms with Crippen molar-refractivity contribution in [3.05, 3.63) is 75.9 Å². The van der Waals surface area contributed by atoms with Crippen molar-refractivity contribution in [2.75, 3.05) is 12.8 Å². The number of hydrogen-bond donors (Lipinski definition) is 1. The SMILES string of the molecule is COc1cccc(C(=O)Cc2cc(Oc3cc(Cl)cnc3N)ccc2Cl)c1. The predicted octanol–water partition coefficient (Wildman–Crippen LogP) is 5.20. The van der Waals surface area contributed by atoms with E-state index in [0.717, 1.165) is 0 Å². The van der Waals surface area contributed by atoms with Crippen LogP contribution in [-0.2, 0) is 6.42 Å². The highest BCUT2D eigenvalue weighted by atomic mass is 35.5. The molecule has 1 aromatic heterocycles. The number of carbonyl (C=O) groups excluding carboxylic acids is 1. The summed E-state index contributed by atoms with van der Waals surface area (Å²) in [5.74, 6) is 1.55. The molecule has 5 nitrogen and oxygen atoms in total. The van der Waals surface area contributed by atoms with Crippen molar-refractivity contribution in [2.45, 2.75) is 6.42 Å². The zero-order chi connectivity index (χ0) is 19.4. The van der Waals surface area contributed by atoms with Gasteiger partial charge in [0.25, 0.3) is 0 Å². The summed E-state index contributed by atoms with van der Waals surface area (Å²) in [6.07, 6.45) is 1.55. The second kappa shape index (κ2) is 8.29. The fourth-order valence-electron chi connectivity index (χ4n) is 2.46. The van der Waals surface area contributed by atoms with E-state index in [9.17, 15) is 4.79 Å². The van der Waals surface area contributed by atoms with E-state index in [1.807, 2.05) is 0 Å². The average molecular weight is 403 g/mol. The van der Waals surface area contributed by atoms with E-state index in [-0.39, 0.29) is 18.0 Å². The van der Waals surface area contributed by atoms with Crippen LogP contribution in [0.3, 0.4) is 0 Å². The van der Waals surface area contributed by atoms with Crippen molar-refractivity contribution in [1.29, 1.82) is 0 Å². The maximum atomic E-state index is 12.6. The van der Waals surface area contributed by atoms with Gasteiger partial charge in [0.05, 0.1) is 12.1 Å². The Morgan fingerprint density at radius 2 is 1.93 bits per heavy atom. The fourth-order valence-corrected chi connectivity index (χ4v) is 2.79. The number of pyridine rings is 1. The molecular formula is C20H16Cl2N2O3. The van der Waals surface area contributed by atoms with Crippen LogP contribution < -0.4 is 15.2 Å². The summed E-state index contributed by atoms with van der Waals surface area (Å²) in [5.41, 5.74) is 6.98. The minimum atomic E-state index is -0.0862. The van der Waals surface area contributed by atoms with Gasteiger partial charge >= 0.3 is 0 Å². The summed E-state index contributed by atoms with van der Waals surface area (Å²) in [4.78, 5) is 16.5. The molecule has 2 N–H and O–H groups in total. The molecule has 27 heavy (non-hydrogen) atoms. The molecule has 0 saturated heterocycles. The molecule has 0 spiro atoms. The number of nitrogens with two attached hydrogens (primary N) is 1. The molecule has 1 heterocycles. The number of hydrogen-bond acceptors (Lipinski definition) is 5. The number of anilines is 1. The van der Waals surface area contributed by atoms with Gasteiger partial charge in [-0.15, -0.1) is 0 Å². The summed E-state index contributed by atoms with van der Waals surface area (Å²) >= 11 is 12.2. The third-order valence-corrected chi connectivity index (χ3v) is 4.41. The van der Waals surface area contributed by atoms with E-state index >= 15 is 0 Å². The van der Waals surface area contributed by atoms with Crippen LogP contribution >= 0.6 is 23.2 Å². The first kappa shape index (κ1) is 19.0. The zero-order valence-corrected chi connectivity index (χ0v) is 15.9. The number of aromatic nitrogens is 1. The van der Waals surface area contributed by atoms with Gasteiger partial charge in [0.1, 0.15) is 11.5 Å². The molecule has 0 atom stereocenters. The molecule has 0 bridgehead atoms. The van der Waals surface area contributed by atoms with Crippen LogP contribution in [0.25, 0.3) is 0 Å². The Hall–Kier alpha value is -2.76. The van der Waals surface area contributed by atoms with Crippen LogP contribution in [0.5, 0.6) is 17.2 Å². The number of methoxy groups -OCH3 is 1. The lowest BCUT2D eigenvalue weighted by atomic mass is 10.0. The largest absolute Gasteiger partial charge is 0.497 e. The summed E-state index contributed by atoms with van der Waals surface area (Å²) in [7, 11) is 1.55. The molecule has 0 aliphatic heterocycles. The minimum Gasteiger partial charge on any atom is -0.497 e. The number of nitrogens with zero attached hydrogens (tertiary/aromatic N) is 1. The van der Waals surface area contributed by atoms with Crippen molar-refractivity contribution in [2.24, 2.45) is 0 Å². The van der Waals surface area contributed by atoms with E-state index in [1.54, 1.807) is 55.6 Å². The van der Waals surface area contributed by atoms with Crippen molar-refractivity contribution < 1.29 is 14.3 Å². The predicted molar refractivity (Wildman–Crippen MR) is 106 cm³/mol. The summed E-state index contributed by atoms with van der Waals surface area (Å²) in [6.45, 7) is 0. The summed E-state index contributed by atoms with van der Waals surface area (Å²) < 4.78 is 10.9. The Bertz CT molecular complexity index is 993. The van der Waals surface area contributed by atoms with Gasteiger partial charge in [-0.2, -0.15) is 0 Å². The van der Waals surface area contributed by atoms with Gasteiger partial charge in [0, 0.05) is 29.3 Å². The fraction of sp³-hybridized carbons (Fsp3) is 0.100. The molecule has 0 amide bonds. The molecule has 0 aliphatic rings. The molecule has 138 valence electrons. The Morgan fingerprint density at radius 3 is 2.70 bits per heavy atom. The van der Waals surface area contributed by atoms with Crippen molar-refractivity contribution in [3.8, 4) is 17.2 Å². The van der Waals surface area contributed by atoms with Gasteiger partial charge in [-0.3, -0.25) is 4.79 Å². The van der Waals surface area contributed by atoms with E-state index in [4.69, 9.17) is 38.4 Å². The standard InChI is InChI=1S/C20H16Cl2N2O3/c1-26-15-4-2-3-12(7-15)18(25)9-13-8-16(5-6-17(13)22)27-19-10-14(21)11-24-20(19)23/h2-8,10-11H,9H2,1H3,(H2,23,24). The Morgan fingerprint density at radius 1 is 1.11 bits per heavy atom. The number of halogens is 2. The van der Waals surface area contributed by atoms with Gasteiger partial charge in [-0.1, -0.05) is 35.3 Å². The summed E-state index contributed by atoms with van der Waals surface area (Å²) in [5, 5.41) is 0.873. The van der Waals surface area contributed by atoms with E-state index < -0.39 is 0 Å². The second-order valence-corrected chi connectivity index (χ2v) is 6.57. The van der Waals surface area contributed by atoms with Crippen LogP contribution in [0.2, 0.25) is 10.0 Å². The molecule has 0 fully saturated rings. The van der Waals surface area contributed by atoms with Gasteiger partial charge in [-0.25, -0.2) is 4.98 Å². The van der Waals surface area contributed by atoms with Crippen LogP contribution in [0.15, 0.2) is 54.7 Å². The highest BCUT2D eigenvalue weighted by molar-refractivity contribution is 6.31. The Balaban J connectivity index is 1.82. The molecule has 7 heteroatoms. The third kappa shape index (κ3) is 4.70. The maximum Gasteiger partial charge on any atom is 0.170 e. The third-order valence-electron chi connectivity index (χ3n) is 3.84. The monoisotopic (exact) mass is 402 g/mol.